The summed E-state index contributed by atoms with van der Waals surface area (Å²) in [5, 5.41) is 6.63. The van der Waals surface area contributed by atoms with Crippen LogP contribution in [0.2, 0.25) is 0 Å². The molecule has 0 radical (unpaired) electrons. The van der Waals surface area contributed by atoms with Crippen molar-refractivity contribution in [3.8, 4) is 11.1 Å². The maximum Gasteiger partial charge on any atom is 0.173 e. The van der Waals surface area contributed by atoms with E-state index in [0.717, 1.165) is 50.6 Å². The van der Waals surface area contributed by atoms with E-state index in [4.69, 9.17) is 4.98 Å². The largest absolute Gasteiger partial charge is 0.293 e. The molecule has 0 aliphatic carbocycles. The van der Waals surface area contributed by atoms with Crippen LogP contribution in [0.5, 0.6) is 0 Å². The number of fused-ring (bicyclic) bond motifs is 1. The van der Waals surface area contributed by atoms with Crippen molar-refractivity contribution in [2.75, 3.05) is 13.1 Å². The molecule has 4 nitrogen and oxygen atoms in total. The number of aromatic nitrogens is 2. The summed E-state index contributed by atoms with van der Waals surface area (Å²) in [6.07, 6.45) is 6.46. The minimum absolute atomic E-state index is 0.862. The number of hydrogen-bond acceptors (Lipinski definition) is 6. The van der Waals surface area contributed by atoms with E-state index in [1.165, 1.54) is 40.1 Å². The zero-order valence-corrected chi connectivity index (χ0v) is 16.9. The summed E-state index contributed by atoms with van der Waals surface area (Å²) in [5.74, 6) is 0.862. The quantitative estimate of drug-likeness (QED) is 0.638. The van der Waals surface area contributed by atoms with Crippen LogP contribution < -0.4 is 0 Å². The molecule has 0 fully saturated rings. The predicted molar refractivity (Wildman–Crippen MR) is 113 cm³/mol. The number of aliphatic imine (C=N–C) groups is 1. The molecule has 5 rings (SSSR count). The molecule has 2 aliphatic heterocycles. The van der Waals surface area contributed by atoms with Crippen LogP contribution in [0.3, 0.4) is 0 Å². The smallest absolute Gasteiger partial charge is 0.173 e. The Kier molecular flexibility index (Phi) is 4.86. The average molecular weight is 395 g/mol. The van der Waals surface area contributed by atoms with Crippen molar-refractivity contribution in [3.63, 3.8) is 0 Å². The Hall–Kier alpha value is -1.89. The third kappa shape index (κ3) is 3.74. The van der Waals surface area contributed by atoms with Gasteiger partial charge in [-0.15, -0.1) is 11.3 Å². The van der Waals surface area contributed by atoms with Gasteiger partial charge >= 0.3 is 0 Å². The Morgan fingerprint density at radius 1 is 1.11 bits per heavy atom. The van der Waals surface area contributed by atoms with E-state index in [1.54, 1.807) is 11.3 Å². The SMILES string of the molecule is c1cc(-c2csc(CN3CCc4nc(C5=NCCCC5)ncc4C3)c2)cs1. The Morgan fingerprint density at radius 2 is 2.11 bits per heavy atom. The normalized spacial score (nSPS) is 17.6. The van der Waals surface area contributed by atoms with Gasteiger partial charge in [-0.2, -0.15) is 11.3 Å². The molecule has 0 aromatic carbocycles. The van der Waals surface area contributed by atoms with Crippen LogP contribution in [0.25, 0.3) is 11.1 Å². The van der Waals surface area contributed by atoms with Gasteiger partial charge in [-0.3, -0.25) is 9.89 Å². The van der Waals surface area contributed by atoms with Crippen LogP contribution in [0.15, 0.2) is 39.5 Å². The summed E-state index contributed by atoms with van der Waals surface area (Å²) >= 11 is 3.61. The van der Waals surface area contributed by atoms with Gasteiger partial charge in [0.15, 0.2) is 5.82 Å². The molecule has 6 heteroatoms. The fraction of sp³-hybridized carbons (Fsp3) is 0.381. The lowest BCUT2D eigenvalue weighted by atomic mass is 10.1. The lowest BCUT2D eigenvalue weighted by Gasteiger charge is -2.27. The fourth-order valence-electron chi connectivity index (χ4n) is 3.79. The van der Waals surface area contributed by atoms with Crippen molar-refractivity contribution < 1.29 is 0 Å². The van der Waals surface area contributed by atoms with Crippen LogP contribution in [0.1, 0.15) is 41.2 Å². The molecule has 2 aliphatic rings. The molecule has 0 N–H and O–H groups in total. The molecule has 0 saturated heterocycles. The van der Waals surface area contributed by atoms with Gasteiger partial charge in [0.1, 0.15) is 0 Å². The second-order valence-corrected chi connectivity index (χ2v) is 9.00. The molecule has 3 aromatic rings. The first-order valence-corrected chi connectivity index (χ1v) is 11.4. The zero-order valence-electron chi connectivity index (χ0n) is 15.2. The molecule has 138 valence electrons. The maximum absolute atomic E-state index is 4.85. The Labute approximate surface area is 167 Å². The first kappa shape index (κ1) is 17.2. The molecule has 0 spiro atoms. The summed E-state index contributed by atoms with van der Waals surface area (Å²) in [5.41, 5.74) is 6.27. The molecule has 0 bridgehead atoms. The highest BCUT2D eigenvalue weighted by atomic mass is 32.1. The molecular weight excluding hydrogens is 372 g/mol. The van der Waals surface area contributed by atoms with Crippen molar-refractivity contribution >= 4 is 28.4 Å². The third-order valence-electron chi connectivity index (χ3n) is 5.28. The Bertz CT molecular complexity index is 958. The Morgan fingerprint density at radius 3 is 2.96 bits per heavy atom. The summed E-state index contributed by atoms with van der Waals surface area (Å²) in [7, 11) is 0. The minimum Gasteiger partial charge on any atom is -0.293 e. The maximum atomic E-state index is 4.85. The molecule has 5 heterocycles. The van der Waals surface area contributed by atoms with E-state index in [-0.39, 0.29) is 0 Å². The topological polar surface area (TPSA) is 41.4 Å². The molecule has 0 saturated carbocycles. The van der Waals surface area contributed by atoms with Gasteiger partial charge in [-0.25, -0.2) is 9.97 Å². The number of hydrogen-bond donors (Lipinski definition) is 0. The van der Waals surface area contributed by atoms with E-state index >= 15 is 0 Å². The van der Waals surface area contributed by atoms with Gasteiger partial charge in [-0.05, 0) is 58.7 Å². The number of rotatable bonds is 4. The van der Waals surface area contributed by atoms with Crippen molar-refractivity contribution in [1.29, 1.82) is 0 Å². The molecule has 0 atom stereocenters. The average Bonchev–Trinajstić information content (AvgIpc) is 3.40. The second kappa shape index (κ2) is 7.62. The highest BCUT2D eigenvalue weighted by Gasteiger charge is 2.20. The van der Waals surface area contributed by atoms with E-state index in [0.29, 0.717) is 0 Å². The van der Waals surface area contributed by atoms with Crippen LogP contribution >= 0.6 is 22.7 Å². The second-order valence-electron chi connectivity index (χ2n) is 7.23. The van der Waals surface area contributed by atoms with E-state index < -0.39 is 0 Å². The van der Waals surface area contributed by atoms with Crippen molar-refractivity contribution in [2.45, 2.75) is 38.8 Å². The van der Waals surface area contributed by atoms with Gasteiger partial charge in [0.25, 0.3) is 0 Å². The highest BCUT2D eigenvalue weighted by molar-refractivity contribution is 7.10. The Balaban J connectivity index is 1.28. The van der Waals surface area contributed by atoms with Gasteiger partial charge in [0.05, 0.1) is 11.4 Å². The first-order valence-electron chi connectivity index (χ1n) is 9.56. The standard InChI is InChI=1S/C21H22N4S2/c1-2-6-22-20(3-1)21-23-10-17-11-25(7-4-19(17)24-21)12-18-9-16(14-27-18)15-5-8-26-13-15/h5,8-10,13-14H,1-4,6-7,11-12H2. The predicted octanol–water partition coefficient (Wildman–Crippen LogP) is 4.80. The molecule has 0 amide bonds. The summed E-state index contributed by atoms with van der Waals surface area (Å²) in [4.78, 5) is 18.0. The minimum atomic E-state index is 0.862. The third-order valence-corrected chi connectivity index (χ3v) is 6.89. The summed E-state index contributed by atoms with van der Waals surface area (Å²) < 4.78 is 0. The molecule has 27 heavy (non-hydrogen) atoms. The van der Waals surface area contributed by atoms with E-state index in [2.05, 4.69) is 43.1 Å². The van der Waals surface area contributed by atoms with E-state index in [9.17, 15) is 0 Å². The monoisotopic (exact) mass is 394 g/mol. The van der Waals surface area contributed by atoms with Gasteiger partial charge in [0.2, 0.25) is 0 Å². The van der Waals surface area contributed by atoms with Crippen LogP contribution in [-0.2, 0) is 19.5 Å². The lowest BCUT2D eigenvalue weighted by Crippen LogP contribution is -2.31. The van der Waals surface area contributed by atoms with Gasteiger partial charge in [0, 0.05) is 49.2 Å². The molecule has 0 unspecified atom stereocenters. The zero-order chi connectivity index (χ0) is 18.1. The van der Waals surface area contributed by atoms with Crippen LogP contribution in [0, 0.1) is 0 Å². The highest BCUT2D eigenvalue weighted by Crippen LogP contribution is 2.29. The van der Waals surface area contributed by atoms with Crippen molar-refractivity contribution in [1.82, 2.24) is 14.9 Å². The summed E-state index contributed by atoms with van der Waals surface area (Å²) in [6.45, 7) is 3.93. The lowest BCUT2D eigenvalue weighted by molar-refractivity contribution is 0.245. The fourth-order valence-corrected chi connectivity index (χ4v) is 5.39. The summed E-state index contributed by atoms with van der Waals surface area (Å²) in [6, 6.07) is 4.53. The first-order chi connectivity index (χ1) is 13.3. The van der Waals surface area contributed by atoms with Crippen molar-refractivity contribution in [2.24, 2.45) is 4.99 Å². The van der Waals surface area contributed by atoms with Crippen LogP contribution in [-0.4, -0.2) is 33.7 Å². The van der Waals surface area contributed by atoms with Gasteiger partial charge < -0.3 is 0 Å². The molecular formula is C21H22N4S2. The number of thiophene rings is 2. The number of nitrogens with zero attached hydrogens (tertiary/aromatic N) is 4. The molecule has 3 aromatic heterocycles. The van der Waals surface area contributed by atoms with Gasteiger partial charge in [-0.1, -0.05) is 0 Å². The van der Waals surface area contributed by atoms with Crippen molar-refractivity contribution in [3.05, 3.63) is 56.4 Å². The van der Waals surface area contributed by atoms with E-state index in [1.807, 2.05) is 17.5 Å². The van der Waals surface area contributed by atoms with Crippen LogP contribution in [0.4, 0.5) is 0 Å².